The predicted molar refractivity (Wildman–Crippen MR) is 123 cm³/mol. The minimum absolute atomic E-state index is 0.140. The fraction of sp³-hybridized carbons (Fsp3) is 0.292. The second-order valence-corrected chi connectivity index (χ2v) is 8.18. The summed E-state index contributed by atoms with van der Waals surface area (Å²) in [5.41, 5.74) is 5.22. The molecule has 1 aliphatic heterocycles. The Labute approximate surface area is 181 Å². The third-order valence-electron chi connectivity index (χ3n) is 5.88. The van der Waals surface area contributed by atoms with Crippen LogP contribution in [0.15, 0.2) is 65.7 Å². The number of fused-ring (bicyclic) bond motifs is 1. The number of benzene rings is 2. The van der Waals surface area contributed by atoms with E-state index in [0.717, 1.165) is 37.6 Å². The van der Waals surface area contributed by atoms with Gasteiger partial charge in [-0.05, 0) is 31.5 Å². The molecule has 0 saturated carbocycles. The molecular weight excluding hydrogens is 388 g/mol. The summed E-state index contributed by atoms with van der Waals surface area (Å²) < 4.78 is 3.13. The Kier molecular flexibility index (Phi) is 4.94. The molecule has 31 heavy (non-hydrogen) atoms. The smallest absolute Gasteiger partial charge is 0.350 e. The highest BCUT2D eigenvalue weighted by Gasteiger charge is 2.22. The van der Waals surface area contributed by atoms with E-state index in [0.29, 0.717) is 12.2 Å². The molecule has 1 saturated heterocycles. The van der Waals surface area contributed by atoms with Gasteiger partial charge in [-0.3, -0.25) is 0 Å². The third kappa shape index (κ3) is 3.79. The van der Waals surface area contributed by atoms with E-state index in [9.17, 15) is 4.79 Å². The van der Waals surface area contributed by atoms with Gasteiger partial charge < -0.3 is 9.80 Å². The Balaban J connectivity index is 1.39. The largest absolute Gasteiger partial charge is 0.368 e. The minimum Gasteiger partial charge on any atom is -0.368 e. The fourth-order valence-corrected chi connectivity index (χ4v) is 4.18. The second-order valence-electron chi connectivity index (χ2n) is 8.18. The van der Waals surface area contributed by atoms with Crippen molar-refractivity contribution in [3.8, 4) is 0 Å². The zero-order valence-corrected chi connectivity index (χ0v) is 17.9. The van der Waals surface area contributed by atoms with Gasteiger partial charge in [0.1, 0.15) is 0 Å². The van der Waals surface area contributed by atoms with E-state index in [1.807, 2.05) is 25.1 Å². The molecule has 0 atom stereocenters. The van der Waals surface area contributed by atoms with Gasteiger partial charge in [-0.2, -0.15) is 0 Å². The lowest BCUT2D eigenvalue weighted by Crippen LogP contribution is -2.47. The van der Waals surface area contributed by atoms with Crippen molar-refractivity contribution in [3.63, 3.8) is 0 Å². The van der Waals surface area contributed by atoms with Crippen LogP contribution in [0.3, 0.4) is 0 Å². The van der Waals surface area contributed by atoms with Crippen molar-refractivity contribution in [3.05, 3.63) is 88.1 Å². The monoisotopic (exact) mass is 414 g/mol. The number of nitrogens with zero attached hydrogens (tertiary/aromatic N) is 6. The Morgan fingerprint density at radius 2 is 1.65 bits per heavy atom. The highest BCUT2D eigenvalue weighted by atomic mass is 16.2. The highest BCUT2D eigenvalue weighted by Crippen LogP contribution is 2.21. The SMILES string of the molecule is Cc1ccc(N2CCN(c3nccn4c(=O)n(Cc5cccc(C)c5)nc34)CC2)cc1. The van der Waals surface area contributed by atoms with Crippen LogP contribution in [0.4, 0.5) is 11.5 Å². The van der Waals surface area contributed by atoms with Gasteiger partial charge in [0.2, 0.25) is 5.65 Å². The molecule has 7 nitrogen and oxygen atoms in total. The van der Waals surface area contributed by atoms with Crippen LogP contribution in [0.25, 0.3) is 5.65 Å². The topological polar surface area (TPSA) is 58.7 Å². The molecule has 0 radical (unpaired) electrons. The van der Waals surface area contributed by atoms with Crippen molar-refractivity contribution in [2.75, 3.05) is 36.0 Å². The van der Waals surface area contributed by atoms with Crippen LogP contribution < -0.4 is 15.5 Å². The number of anilines is 2. The van der Waals surface area contributed by atoms with E-state index >= 15 is 0 Å². The number of piperazine rings is 1. The molecule has 0 unspecified atom stereocenters. The van der Waals surface area contributed by atoms with Gasteiger partial charge >= 0.3 is 5.69 Å². The molecule has 3 heterocycles. The maximum absolute atomic E-state index is 12.9. The first-order valence-electron chi connectivity index (χ1n) is 10.6. The quantitative estimate of drug-likeness (QED) is 0.514. The van der Waals surface area contributed by atoms with Gasteiger partial charge in [0.25, 0.3) is 0 Å². The molecule has 158 valence electrons. The summed E-state index contributed by atoms with van der Waals surface area (Å²) in [4.78, 5) is 22.1. The highest BCUT2D eigenvalue weighted by molar-refractivity contribution is 5.64. The Morgan fingerprint density at radius 1 is 0.903 bits per heavy atom. The lowest BCUT2D eigenvalue weighted by molar-refractivity contribution is 0.645. The Hall–Kier alpha value is -3.61. The number of hydrogen-bond donors (Lipinski definition) is 0. The normalized spacial score (nSPS) is 14.4. The van der Waals surface area contributed by atoms with Crippen LogP contribution in [0, 0.1) is 13.8 Å². The van der Waals surface area contributed by atoms with Crippen LogP contribution in [0.1, 0.15) is 16.7 Å². The third-order valence-corrected chi connectivity index (χ3v) is 5.88. The first-order valence-corrected chi connectivity index (χ1v) is 10.6. The standard InChI is InChI=1S/C24H26N6O/c1-18-6-8-21(9-7-18)27-12-14-28(15-13-27)22-23-26-30(24(31)29(23)11-10-25-22)17-20-5-3-4-19(2)16-20/h3-11,16H,12-15,17H2,1-2H3. The van der Waals surface area contributed by atoms with Crippen LogP contribution in [0.5, 0.6) is 0 Å². The average Bonchev–Trinajstić information content (AvgIpc) is 3.10. The molecule has 4 aromatic rings. The first kappa shape index (κ1) is 19.4. The molecule has 2 aromatic carbocycles. The van der Waals surface area contributed by atoms with Gasteiger partial charge in [0, 0.05) is 44.3 Å². The molecule has 0 spiro atoms. The molecule has 7 heteroatoms. The van der Waals surface area contributed by atoms with E-state index in [2.05, 4.69) is 57.1 Å². The summed E-state index contributed by atoms with van der Waals surface area (Å²) in [6.07, 6.45) is 3.39. The van der Waals surface area contributed by atoms with E-state index in [4.69, 9.17) is 0 Å². The van der Waals surface area contributed by atoms with Crippen molar-refractivity contribution >= 4 is 17.2 Å². The van der Waals surface area contributed by atoms with Crippen molar-refractivity contribution in [2.45, 2.75) is 20.4 Å². The summed E-state index contributed by atoms with van der Waals surface area (Å²) in [7, 11) is 0. The number of aromatic nitrogens is 4. The van der Waals surface area contributed by atoms with Crippen molar-refractivity contribution in [2.24, 2.45) is 0 Å². The van der Waals surface area contributed by atoms with Gasteiger partial charge in [0.05, 0.1) is 6.54 Å². The summed E-state index contributed by atoms with van der Waals surface area (Å²) in [5, 5.41) is 4.65. The average molecular weight is 415 g/mol. The lowest BCUT2D eigenvalue weighted by Gasteiger charge is -2.36. The fourth-order valence-electron chi connectivity index (χ4n) is 4.18. The Bertz CT molecular complexity index is 1270. The van der Waals surface area contributed by atoms with Crippen LogP contribution in [0.2, 0.25) is 0 Å². The van der Waals surface area contributed by atoms with E-state index < -0.39 is 0 Å². The van der Waals surface area contributed by atoms with E-state index in [-0.39, 0.29) is 5.69 Å². The summed E-state index contributed by atoms with van der Waals surface area (Å²) in [6, 6.07) is 16.8. The van der Waals surface area contributed by atoms with Gasteiger partial charge in [-0.1, -0.05) is 47.5 Å². The minimum atomic E-state index is -0.140. The second kappa shape index (κ2) is 7.91. The van der Waals surface area contributed by atoms with Crippen molar-refractivity contribution < 1.29 is 0 Å². The molecule has 0 bridgehead atoms. The summed E-state index contributed by atoms with van der Waals surface area (Å²) >= 11 is 0. The molecule has 1 aliphatic rings. The van der Waals surface area contributed by atoms with E-state index in [1.165, 1.54) is 21.5 Å². The van der Waals surface area contributed by atoms with Gasteiger partial charge in [-0.25, -0.2) is 18.9 Å². The maximum atomic E-state index is 12.9. The molecule has 0 amide bonds. The summed E-state index contributed by atoms with van der Waals surface area (Å²) in [6.45, 7) is 8.07. The summed E-state index contributed by atoms with van der Waals surface area (Å²) in [5.74, 6) is 0.770. The molecule has 2 aromatic heterocycles. The number of aryl methyl sites for hydroxylation is 2. The number of hydrogen-bond acceptors (Lipinski definition) is 5. The zero-order valence-electron chi connectivity index (χ0n) is 17.9. The maximum Gasteiger partial charge on any atom is 0.350 e. The predicted octanol–water partition coefficient (Wildman–Crippen LogP) is 2.88. The number of rotatable bonds is 4. The van der Waals surface area contributed by atoms with Crippen molar-refractivity contribution in [1.29, 1.82) is 0 Å². The lowest BCUT2D eigenvalue weighted by atomic mass is 10.1. The van der Waals surface area contributed by atoms with Crippen LogP contribution in [-0.4, -0.2) is 45.3 Å². The molecule has 0 aliphatic carbocycles. The van der Waals surface area contributed by atoms with E-state index in [1.54, 1.807) is 16.8 Å². The molecule has 5 rings (SSSR count). The van der Waals surface area contributed by atoms with Gasteiger partial charge in [0.15, 0.2) is 5.82 Å². The zero-order chi connectivity index (χ0) is 21.4. The van der Waals surface area contributed by atoms with Crippen LogP contribution in [-0.2, 0) is 6.54 Å². The first-order chi connectivity index (χ1) is 15.1. The van der Waals surface area contributed by atoms with Gasteiger partial charge in [-0.15, -0.1) is 5.10 Å². The molecule has 1 fully saturated rings. The Morgan fingerprint density at radius 3 is 2.39 bits per heavy atom. The van der Waals surface area contributed by atoms with Crippen LogP contribution >= 0.6 is 0 Å². The van der Waals surface area contributed by atoms with Crippen molar-refractivity contribution in [1.82, 2.24) is 19.2 Å². The molecular formula is C24H26N6O. The molecule has 0 N–H and O–H groups in total.